The van der Waals surface area contributed by atoms with Crippen LogP contribution in [0.2, 0.25) is 0 Å². The van der Waals surface area contributed by atoms with Crippen molar-refractivity contribution in [2.24, 2.45) is 0 Å². The fourth-order valence-electron chi connectivity index (χ4n) is 5.85. The van der Waals surface area contributed by atoms with Crippen LogP contribution in [0.5, 0.6) is 0 Å². The molecule has 5 heteroatoms. The molecule has 6 aromatic carbocycles. The van der Waals surface area contributed by atoms with E-state index >= 15 is 0 Å². The van der Waals surface area contributed by atoms with Gasteiger partial charge in [-0.1, -0.05) is 115 Å². The molecule has 8 aromatic rings. The lowest BCUT2D eigenvalue weighted by atomic mass is 9.97. The lowest BCUT2D eigenvalue weighted by Crippen LogP contribution is -2.01. The number of furan rings is 1. The molecule has 0 N–H and O–H groups in total. The topological polar surface area (TPSA) is 75.6 Å². The quantitative estimate of drug-likeness (QED) is 0.204. The molecule has 0 saturated heterocycles. The minimum atomic E-state index is 0.546. The molecule has 0 spiro atoms. The summed E-state index contributed by atoms with van der Waals surface area (Å²) in [6, 6.07) is 50.4. The van der Waals surface area contributed by atoms with E-state index in [1.807, 2.05) is 97.1 Å². The highest BCUT2D eigenvalue weighted by molar-refractivity contribution is 6.13. The third-order valence-corrected chi connectivity index (χ3v) is 7.98. The molecular weight excluding hydrogens is 552 g/mol. The molecular formula is C40H24N4O. The molecule has 8 rings (SSSR count). The van der Waals surface area contributed by atoms with Gasteiger partial charge >= 0.3 is 0 Å². The van der Waals surface area contributed by atoms with E-state index in [2.05, 4.69) is 48.5 Å². The number of nitrogens with zero attached hydrogens (tertiary/aromatic N) is 4. The van der Waals surface area contributed by atoms with Crippen molar-refractivity contribution in [1.29, 1.82) is 5.26 Å². The van der Waals surface area contributed by atoms with E-state index in [9.17, 15) is 5.26 Å². The average molecular weight is 577 g/mol. The molecule has 2 aromatic heterocycles. The summed E-state index contributed by atoms with van der Waals surface area (Å²) in [5.74, 6) is 1.67. The Bertz CT molecular complexity index is 2390. The van der Waals surface area contributed by atoms with E-state index in [0.29, 0.717) is 23.0 Å². The van der Waals surface area contributed by atoms with Crippen molar-refractivity contribution in [3.8, 4) is 62.5 Å². The van der Waals surface area contributed by atoms with Crippen LogP contribution in [0.4, 0.5) is 0 Å². The molecule has 0 unspecified atom stereocenters. The lowest BCUT2D eigenvalue weighted by Gasteiger charge is -2.12. The van der Waals surface area contributed by atoms with Gasteiger partial charge in [-0.15, -0.1) is 0 Å². The molecule has 0 radical (unpaired) electrons. The summed E-state index contributed by atoms with van der Waals surface area (Å²) in [4.78, 5) is 14.9. The highest BCUT2D eigenvalue weighted by Crippen LogP contribution is 2.38. The summed E-state index contributed by atoms with van der Waals surface area (Å²) >= 11 is 0. The number of benzene rings is 6. The van der Waals surface area contributed by atoms with Crippen molar-refractivity contribution >= 4 is 21.9 Å². The van der Waals surface area contributed by atoms with E-state index in [0.717, 1.165) is 60.9 Å². The second-order valence-corrected chi connectivity index (χ2v) is 10.8. The van der Waals surface area contributed by atoms with Gasteiger partial charge in [0.2, 0.25) is 0 Å². The molecule has 210 valence electrons. The molecule has 0 aliphatic carbocycles. The van der Waals surface area contributed by atoms with Gasteiger partial charge in [-0.2, -0.15) is 5.26 Å². The summed E-state index contributed by atoms with van der Waals surface area (Å²) in [7, 11) is 0. The zero-order valence-corrected chi connectivity index (χ0v) is 24.1. The Hall–Kier alpha value is -6.38. The van der Waals surface area contributed by atoms with Gasteiger partial charge in [0.25, 0.3) is 0 Å². The number of fused-ring (bicyclic) bond motifs is 3. The van der Waals surface area contributed by atoms with Crippen molar-refractivity contribution in [2.75, 3.05) is 0 Å². The Balaban J connectivity index is 1.31. The predicted molar refractivity (Wildman–Crippen MR) is 179 cm³/mol. The van der Waals surface area contributed by atoms with Gasteiger partial charge in [0.05, 0.1) is 11.6 Å². The summed E-state index contributed by atoms with van der Waals surface area (Å²) < 4.78 is 6.41. The minimum Gasteiger partial charge on any atom is -0.456 e. The van der Waals surface area contributed by atoms with E-state index < -0.39 is 0 Å². The third-order valence-electron chi connectivity index (χ3n) is 7.98. The van der Waals surface area contributed by atoms with Crippen molar-refractivity contribution in [3.63, 3.8) is 0 Å². The first-order valence-corrected chi connectivity index (χ1v) is 14.7. The van der Waals surface area contributed by atoms with E-state index in [-0.39, 0.29) is 0 Å². The fraction of sp³-hybridized carbons (Fsp3) is 0. The van der Waals surface area contributed by atoms with Crippen LogP contribution in [0, 0.1) is 11.3 Å². The zero-order chi connectivity index (χ0) is 30.2. The van der Waals surface area contributed by atoms with Crippen LogP contribution < -0.4 is 0 Å². The van der Waals surface area contributed by atoms with Gasteiger partial charge in [-0.25, -0.2) is 15.0 Å². The second-order valence-electron chi connectivity index (χ2n) is 10.8. The zero-order valence-electron chi connectivity index (χ0n) is 24.1. The molecule has 0 bridgehead atoms. The number of nitriles is 1. The molecule has 0 amide bonds. The fourth-order valence-corrected chi connectivity index (χ4v) is 5.85. The Kier molecular flexibility index (Phi) is 6.44. The van der Waals surface area contributed by atoms with Gasteiger partial charge in [0.15, 0.2) is 17.5 Å². The Morgan fingerprint density at radius 3 is 1.84 bits per heavy atom. The summed E-state index contributed by atoms with van der Waals surface area (Å²) in [6.45, 7) is 0. The number of hydrogen-bond donors (Lipinski definition) is 0. The molecule has 0 fully saturated rings. The Labute approximate surface area is 259 Å². The van der Waals surface area contributed by atoms with Gasteiger partial charge in [-0.3, -0.25) is 0 Å². The maximum Gasteiger partial charge on any atom is 0.164 e. The third kappa shape index (κ3) is 4.81. The lowest BCUT2D eigenvalue weighted by molar-refractivity contribution is 0.669. The SMILES string of the molecule is N#Cc1cccc(-c2ccccc2-c2nc(-c3ccccc3)nc(-c3ccc4c(c3)oc3cccc(-c5ccccc5)c34)n2)c1. The van der Waals surface area contributed by atoms with Crippen LogP contribution in [-0.2, 0) is 0 Å². The minimum absolute atomic E-state index is 0.546. The van der Waals surface area contributed by atoms with Crippen LogP contribution in [0.25, 0.3) is 78.4 Å². The maximum atomic E-state index is 9.52. The summed E-state index contributed by atoms with van der Waals surface area (Å²) in [6.07, 6.45) is 0. The van der Waals surface area contributed by atoms with Crippen LogP contribution in [0.15, 0.2) is 150 Å². The highest BCUT2D eigenvalue weighted by Gasteiger charge is 2.18. The van der Waals surface area contributed by atoms with Crippen LogP contribution in [-0.4, -0.2) is 15.0 Å². The van der Waals surface area contributed by atoms with Gasteiger partial charge in [0, 0.05) is 27.5 Å². The first-order chi connectivity index (χ1) is 22.2. The molecule has 0 saturated carbocycles. The smallest absolute Gasteiger partial charge is 0.164 e. The van der Waals surface area contributed by atoms with Crippen LogP contribution >= 0.6 is 0 Å². The molecule has 0 aliphatic rings. The summed E-state index contributed by atoms with van der Waals surface area (Å²) in [5.41, 5.74) is 8.90. The largest absolute Gasteiger partial charge is 0.456 e. The molecule has 45 heavy (non-hydrogen) atoms. The molecule has 2 heterocycles. The average Bonchev–Trinajstić information content (AvgIpc) is 3.50. The number of hydrogen-bond acceptors (Lipinski definition) is 5. The highest BCUT2D eigenvalue weighted by atomic mass is 16.3. The van der Waals surface area contributed by atoms with Crippen LogP contribution in [0.3, 0.4) is 0 Å². The normalized spacial score (nSPS) is 11.1. The monoisotopic (exact) mass is 576 g/mol. The molecule has 0 aliphatic heterocycles. The van der Waals surface area contributed by atoms with Gasteiger partial charge in [-0.05, 0) is 52.6 Å². The first kappa shape index (κ1) is 26.3. The van der Waals surface area contributed by atoms with E-state index in [1.165, 1.54) is 0 Å². The van der Waals surface area contributed by atoms with Crippen molar-refractivity contribution in [2.45, 2.75) is 0 Å². The Morgan fingerprint density at radius 1 is 0.444 bits per heavy atom. The van der Waals surface area contributed by atoms with Crippen molar-refractivity contribution < 1.29 is 4.42 Å². The van der Waals surface area contributed by atoms with E-state index in [1.54, 1.807) is 6.07 Å². The predicted octanol–water partition coefficient (Wildman–Crippen LogP) is 9.98. The van der Waals surface area contributed by atoms with Crippen molar-refractivity contribution in [1.82, 2.24) is 15.0 Å². The standard InChI is InChI=1S/C40H24N4O/c41-25-26-11-9-16-29(23-26)31-17-7-8-18-33(31)40-43-38(28-14-5-2-6-15-28)42-39(44-40)30-21-22-34-36(24-30)45-35-20-10-19-32(37(34)35)27-12-3-1-4-13-27/h1-24H. The second kappa shape index (κ2) is 11.0. The van der Waals surface area contributed by atoms with Crippen molar-refractivity contribution in [3.05, 3.63) is 151 Å². The van der Waals surface area contributed by atoms with E-state index in [4.69, 9.17) is 19.4 Å². The summed E-state index contributed by atoms with van der Waals surface area (Å²) in [5, 5.41) is 11.6. The molecule has 5 nitrogen and oxygen atoms in total. The maximum absolute atomic E-state index is 9.52. The molecule has 0 atom stereocenters. The van der Waals surface area contributed by atoms with Gasteiger partial charge < -0.3 is 4.42 Å². The number of rotatable bonds is 5. The van der Waals surface area contributed by atoms with Gasteiger partial charge in [0.1, 0.15) is 11.2 Å². The number of aromatic nitrogens is 3. The Morgan fingerprint density at radius 2 is 1.07 bits per heavy atom. The first-order valence-electron chi connectivity index (χ1n) is 14.7. The van der Waals surface area contributed by atoms with Crippen LogP contribution in [0.1, 0.15) is 5.56 Å².